The molecule has 19 nitrogen and oxygen atoms in total. The first-order valence-electron chi connectivity index (χ1n) is 27.2. The molecule has 0 unspecified atom stereocenters. The Balaban J connectivity index is 0.000000257. The minimum absolute atomic E-state index is 0.00901. The monoisotopic (exact) mass is 1240 g/mol. The molecule has 0 aliphatic heterocycles. The first-order chi connectivity index (χ1) is 42.5. The van der Waals surface area contributed by atoms with Crippen molar-refractivity contribution in [3.63, 3.8) is 0 Å². The number of aromatic nitrogens is 2. The number of alkyl halides is 6. The molecule has 7 aromatic carbocycles. The highest BCUT2D eigenvalue weighted by Gasteiger charge is 2.36. The summed E-state index contributed by atoms with van der Waals surface area (Å²) in [7, 11) is 2.49. The number of nitrogens with one attached hydrogen (secondary N) is 2. The molecule has 0 aliphatic rings. The third-order valence-electron chi connectivity index (χ3n) is 13.0. The maximum atomic E-state index is 13.5. The van der Waals surface area contributed by atoms with Crippen LogP contribution >= 0.6 is 0 Å². The number of anilines is 2. The van der Waals surface area contributed by atoms with Crippen LogP contribution in [0.3, 0.4) is 0 Å². The van der Waals surface area contributed by atoms with E-state index in [2.05, 4.69) is 20.8 Å². The van der Waals surface area contributed by atoms with Crippen molar-refractivity contribution in [1.29, 1.82) is 0 Å². The number of rotatable bonds is 21. The molecule has 0 spiro atoms. The van der Waals surface area contributed by atoms with Crippen LogP contribution in [0.5, 0.6) is 11.5 Å². The summed E-state index contributed by atoms with van der Waals surface area (Å²) in [4.78, 5) is 94.0. The van der Waals surface area contributed by atoms with Crippen LogP contribution in [-0.2, 0) is 62.2 Å². The fourth-order valence-corrected chi connectivity index (χ4v) is 8.80. The van der Waals surface area contributed by atoms with Gasteiger partial charge in [-0.3, -0.25) is 28.8 Å². The molecule has 0 atom stereocenters. The number of carboxylic acid groups (broad SMARTS) is 2. The Labute approximate surface area is 510 Å². The van der Waals surface area contributed by atoms with Gasteiger partial charge in [-0.2, -0.15) is 31.3 Å². The van der Waals surface area contributed by atoms with Crippen LogP contribution in [0.1, 0.15) is 85.2 Å². The molecule has 0 aliphatic carbocycles. The molecule has 468 valence electrons. The number of carbonyl (C=O) groups is 7. The van der Waals surface area contributed by atoms with E-state index in [0.717, 1.165) is 22.6 Å². The van der Waals surface area contributed by atoms with Crippen molar-refractivity contribution < 1.29 is 88.9 Å². The van der Waals surface area contributed by atoms with Crippen molar-refractivity contribution in [1.82, 2.24) is 19.9 Å². The number of amides is 4. The Morgan fingerprint density at radius 2 is 0.967 bits per heavy atom. The molecule has 25 heteroatoms. The normalized spacial score (nSPS) is 11.3. The highest BCUT2D eigenvalue weighted by molar-refractivity contribution is 5.99. The van der Waals surface area contributed by atoms with E-state index in [1.807, 2.05) is 30.3 Å². The molecular weight excluding hydrogens is 1190 g/mol. The van der Waals surface area contributed by atoms with Gasteiger partial charge < -0.3 is 49.4 Å². The summed E-state index contributed by atoms with van der Waals surface area (Å²) in [5.74, 6) is -4.74. The number of ether oxygens (including phenoxy) is 3. The topological polar surface area (TPSA) is 257 Å². The minimum Gasteiger partial charge on any atom is -0.497 e. The summed E-state index contributed by atoms with van der Waals surface area (Å²) in [5.41, 5.74) is 0.303. The molecule has 1 aromatic heterocycles. The number of benzene rings is 7. The zero-order valence-electron chi connectivity index (χ0n) is 48.8. The van der Waals surface area contributed by atoms with Crippen LogP contribution in [0, 0.1) is 0 Å². The Bertz CT molecular complexity index is 3850. The molecule has 0 saturated carbocycles. The van der Waals surface area contributed by atoms with Gasteiger partial charge in [-0.05, 0) is 140 Å². The van der Waals surface area contributed by atoms with E-state index in [1.54, 1.807) is 45.0 Å². The van der Waals surface area contributed by atoms with E-state index in [9.17, 15) is 65.0 Å². The Morgan fingerprint density at radius 3 is 1.38 bits per heavy atom. The molecule has 90 heavy (non-hydrogen) atoms. The van der Waals surface area contributed by atoms with Crippen LogP contribution in [0.4, 0.5) is 37.7 Å². The second-order valence-electron chi connectivity index (χ2n) is 20.9. The molecule has 4 amide bonds. The minimum atomic E-state index is -4.68. The number of hydrogen-bond donors (Lipinski definition) is 4. The summed E-state index contributed by atoms with van der Waals surface area (Å²) in [6.07, 6.45) is -10.5. The zero-order chi connectivity index (χ0) is 65.5. The van der Waals surface area contributed by atoms with Crippen LogP contribution in [0.25, 0.3) is 22.8 Å². The highest BCUT2D eigenvalue weighted by Crippen LogP contribution is 2.36. The molecule has 0 saturated heterocycles. The van der Waals surface area contributed by atoms with Gasteiger partial charge in [0, 0.05) is 46.7 Å². The van der Waals surface area contributed by atoms with Gasteiger partial charge >= 0.3 is 30.3 Å². The largest absolute Gasteiger partial charge is 0.497 e. The number of carbonyl (C=O) groups excluding carboxylic acids is 5. The van der Waals surface area contributed by atoms with Gasteiger partial charge in [-0.15, -0.1) is 0 Å². The number of carboxylic acids is 2. The van der Waals surface area contributed by atoms with Gasteiger partial charge in [0.2, 0.25) is 17.6 Å². The van der Waals surface area contributed by atoms with Crippen molar-refractivity contribution >= 4 is 52.9 Å². The first-order valence-corrected chi connectivity index (χ1v) is 27.2. The highest BCUT2D eigenvalue weighted by atomic mass is 19.4. The molecule has 4 N–H and O–H groups in total. The Hall–Kier alpha value is -10.9. The van der Waals surface area contributed by atoms with E-state index in [4.69, 9.17) is 23.8 Å². The van der Waals surface area contributed by atoms with Crippen molar-refractivity contribution in [2.24, 2.45) is 0 Å². The average Bonchev–Trinajstić information content (AvgIpc) is 1.21. The van der Waals surface area contributed by atoms with Crippen LogP contribution in [-0.4, -0.2) is 105 Å². The lowest BCUT2D eigenvalue weighted by molar-refractivity contribution is -0.155. The van der Waals surface area contributed by atoms with Crippen LogP contribution in [0.15, 0.2) is 168 Å². The third kappa shape index (κ3) is 19.1. The maximum Gasteiger partial charge on any atom is 0.416 e. The van der Waals surface area contributed by atoms with Crippen molar-refractivity contribution in [3.8, 4) is 34.3 Å². The quantitative estimate of drug-likeness (QED) is 0.0385. The second kappa shape index (κ2) is 29.2. The lowest BCUT2D eigenvalue weighted by Crippen LogP contribution is -2.38. The van der Waals surface area contributed by atoms with Crippen molar-refractivity contribution in [2.45, 2.75) is 64.7 Å². The van der Waals surface area contributed by atoms with E-state index in [1.165, 1.54) is 116 Å². The fraction of sp³-hybridized carbons (Fsp3) is 0.215. The number of hydrogen-bond acceptors (Lipinski definition) is 13. The lowest BCUT2D eigenvalue weighted by Gasteiger charge is -2.25. The van der Waals surface area contributed by atoms with Gasteiger partial charge in [0.1, 0.15) is 30.2 Å². The molecular formula is C65H58F6N6O13. The number of aliphatic carboxylic acids is 1. The number of esters is 1. The molecule has 8 rings (SSSR count). The molecule has 0 radical (unpaired) electrons. The van der Waals surface area contributed by atoms with E-state index >= 15 is 0 Å². The van der Waals surface area contributed by atoms with Crippen LogP contribution < -0.4 is 20.1 Å². The van der Waals surface area contributed by atoms with Gasteiger partial charge in [0.25, 0.3) is 17.7 Å². The Morgan fingerprint density at radius 1 is 0.533 bits per heavy atom. The van der Waals surface area contributed by atoms with Gasteiger partial charge in [0.15, 0.2) is 0 Å². The average molecular weight is 1250 g/mol. The number of nitrogens with zero attached hydrogens (tertiary/aromatic N) is 4. The molecule has 1 heterocycles. The fourth-order valence-electron chi connectivity index (χ4n) is 8.80. The van der Waals surface area contributed by atoms with Crippen molar-refractivity contribution in [2.75, 3.05) is 37.9 Å². The maximum absolute atomic E-state index is 13.5. The predicted octanol–water partition coefficient (Wildman–Crippen LogP) is 11.9. The number of aromatic carboxylic acids is 1. The van der Waals surface area contributed by atoms with Gasteiger partial charge in [0.05, 0.1) is 43.8 Å². The number of methoxy groups -OCH3 is 2. The molecule has 0 fully saturated rings. The summed E-state index contributed by atoms with van der Waals surface area (Å²) in [5, 5.41) is 27.6. The lowest BCUT2D eigenvalue weighted by atomic mass is 10.0. The third-order valence-corrected chi connectivity index (χ3v) is 13.0. The summed E-state index contributed by atoms with van der Waals surface area (Å²) < 4.78 is 102. The summed E-state index contributed by atoms with van der Waals surface area (Å²) >= 11 is 0. The van der Waals surface area contributed by atoms with Gasteiger partial charge in [-0.25, -0.2) is 4.79 Å². The van der Waals surface area contributed by atoms with Crippen molar-refractivity contribution in [3.05, 3.63) is 214 Å². The van der Waals surface area contributed by atoms with Gasteiger partial charge in [-0.1, -0.05) is 71.9 Å². The van der Waals surface area contributed by atoms with E-state index < -0.39 is 96.5 Å². The standard InChI is InChI=1S/C34H27F3N4O6.C31H31F3N2O7/c1-46-27-16-13-25(28(18-27)34(35,36)37)17-29(42)38-26-14-11-24(12-15-26)33(45)41(20-30(43)44)19-21-7-9-23(10-8-21)32-39-31(40-47-32)22-5-3-2-4-6-22;1-30(2,3)43-27(38)18-36(17-19-5-7-21(8-6-19)29(40)41)28(39)20-9-12-23(13-10-20)35-26(37)15-22-11-14-24(42-4)16-25(22)31(32,33)34/h2-16,18H,17,19-20H2,1H3,(H,38,42)(H,43,44);5-14,16H,15,17-18H2,1-4H3,(H,35,37)(H,40,41). The predicted molar refractivity (Wildman–Crippen MR) is 315 cm³/mol. The molecule has 8 aromatic rings. The summed E-state index contributed by atoms with van der Waals surface area (Å²) in [6, 6.07) is 40.0. The second-order valence-corrected chi connectivity index (χ2v) is 20.9. The SMILES string of the molecule is COc1ccc(CC(=O)Nc2ccc(C(=O)N(CC(=O)O)Cc3ccc(-c4nc(-c5ccccc5)no4)cc3)cc2)c(C(F)(F)F)c1.COc1ccc(CC(=O)Nc2ccc(C(=O)N(CC(=O)OC(C)(C)C)Cc3ccc(C(=O)O)cc3)cc2)c(C(F)(F)F)c1. The van der Waals surface area contributed by atoms with E-state index in [-0.39, 0.29) is 63.8 Å². The summed E-state index contributed by atoms with van der Waals surface area (Å²) in [6.45, 7) is 4.05. The molecule has 0 bridgehead atoms. The van der Waals surface area contributed by atoms with E-state index in [0.29, 0.717) is 28.4 Å². The smallest absolute Gasteiger partial charge is 0.416 e. The van der Waals surface area contributed by atoms with Crippen LogP contribution in [0.2, 0.25) is 0 Å². The number of halogens is 6. The Kier molecular flexibility index (Phi) is 21.7. The first kappa shape index (κ1) is 66.7. The zero-order valence-corrected chi connectivity index (χ0v) is 48.8.